The summed E-state index contributed by atoms with van der Waals surface area (Å²) in [5.41, 5.74) is 2.74. The fraction of sp³-hybridized carbons (Fsp3) is 0.500. The van der Waals surface area contributed by atoms with E-state index in [1.807, 2.05) is 6.92 Å². The molecule has 0 heterocycles. The molecule has 0 aliphatic heterocycles. The number of fused-ring (bicyclic) bond motifs is 1. The van der Waals surface area contributed by atoms with E-state index in [9.17, 15) is 4.79 Å². The third-order valence-electron chi connectivity index (χ3n) is 3.63. The lowest BCUT2D eigenvalue weighted by atomic mass is 9.75. The van der Waals surface area contributed by atoms with Crippen molar-refractivity contribution in [3.05, 3.63) is 35.4 Å². The van der Waals surface area contributed by atoms with Gasteiger partial charge in [-0.3, -0.25) is 4.79 Å². The predicted octanol–water partition coefficient (Wildman–Crippen LogP) is 3.90. The van der Waals surface area contributed by atoms with Crippen LogP contribution in [0.1, 0.15) is 43.2 Å². The smallest absolute Gasteiger partial charge is 0.225 e. The highest BCUT2D eigenvalue weighted by Gasteiger charge is 2.30. The molecule has 2 rings (SSSR count). The van der Waals surface area contributed by atoms with Crippen LogP contribution in [-0.4, -0.2) is 5.24 Å². The summed E-state index contributed by atoms with van der Waals surface area (Å²) >= 11 is 5.70. The highest BCUT2D eigenvalue weighted by atomic mass is 35.5. The summed E-state index contributed by atoms with van der Waals surface area (Å²) in [5.74, 6) is 0.322. The molecule has 1 aliphatic carbocycles. The van der Waals surface area contributed by atoms with E-state index in [-0.39, 0.29) is 11.2 Å². The normalized spacial score (nSPS) is 21.2. The zero-order chi connectivity index (χ0) is 11.5. The first kappa shape index (κ1) is 11.7. The molecule has 1 aromatic carbocycles. The first-order valence-corrected chi connectivity index (χ1v) is 6.39. The zero-order valence-electron chi connectivity index (χ0n) is 9.58. The van der Waals surface area contributed by atoms with Crippen molar-refractivity contribution in [2.75, 3.05) is 0 Å². The van der Waals surface area contributed by atoms with Gasteiger partial charge in [-0.25, -0.2) is 0 Å². The van der Waals surface area contributed by atoms with Crippen molar-refractivity contribution in [1.29, 1.82) is 0 Å². The number of hydrogen-bond donors (Lipinski definition) is 0. The summed E-state index contributed by atoms with van der Waals surface area (Å²) in [7, 11) is 0. The molecule has 1 aromatic rings. The molecule has 1 aliphatic rings. The Kier molecular flexibility index (Phi) is 3.65. The number of hydrogen-bond acceptors (Lipinski definition) is 1. The van der Waals surface area contributed by atoms with Gasteiger partial charge in [0.2, 0.25) is 5.24 Å². The summed E-state index contributed by atoms with van der Waals surface area (Å²) in [5, 5.41) is -0.177. The van der Waals surface area contributed by atoms with E-state index in [0.717, 1.165) is 19.3 Å². The van der Waals surface area contributed by atoms with E-state index in [4.69, 9.17) is 11.6 Å². The topological polar surface area (TPSA) is 17.1 Å². The van der Waals surface area contributed by atoms with Gasteiger partial charge in [-0.15, -0.1) is 0 Å². The predicted molar refractivity (Wildman–Crippen MR) is 66.8 cm³/mol. The number of rotatable bonds is 3. The van der Waals surface area contributed by atoms with Gasteiger partial charge in [-0.1, -0.05) is 31.2 Å². The number of benzene rings is 1. The van der Waals surface area contributed by atoms with Gasteiger partial charge >= 0.3 is 0 Å². The molecular weight excluding hydrogens is 220 g/mol. The van der Waals surface area contributed by atoms with E-state index in [0.29, 0.717) is 5.92 Å². The number of carbonyl (C=O) groups excluding carboxylic acids is 1. The molecule has 0 saturated carbocycles. The first-order valence-electron chi connectivity index (χ1n) is 6.01. The molecule has 2 unspecified atom stereocenters. The molecule has 86 valence electrons. The maximum atomic E-state index is 11.4. The largest absolute Gasteiger partial charge is 0.281 e. The lowest BCUT2D eigenvalue weighted by Gasteiger charge is -2.29. The molecule has 0 amide bonds. The van der Waals surface area contributed by atoms with Gasteiger partial charge in [-0.2, -0.15) is 0 Å². The molecule has 0 fully saturated rings. The summed E-state index contributed by atoms with van der Waals surface area (Å²) in [4.78, 5) is 11.4. The minimum Gasteiger partial charge on any atom is -0.281 e. The van der Waals surface area contributed by atoms with Gasteiger partial charge in [0.25, 0.3) is 0 Å². The van der Waals surface area contributed by atoms with Crippen molar-refractivity contribution in [1.82, 2.24) is 0 Å². The Bertz CT molecular complexity index is 386. The Hall–Kier alpha value is -0.820. The fourth-order valence-corrected chi connectivity index (χ4v) is 3.12. The van der Waals surface area contributed by atoms with E-state index in [2.05, 4.69) is 24.3 Å². The molecule has 0 N–H and O–H groups in total. The summed E-state index contributed by atoms with van der Waals surface area (Å²) in [6, 6.07) is 8.46. The second-order valence-electron chi connectivity index (χ2n) is 4.52. The molecule has 0 saturated heterocycles. The molecule has 0 spiro atoms. The van der Waals surface area contributed by atoms with Crippen molar-refractivity contribution in [3.63, 3.8) is 0 Å². The number of carbonyl (C=O) groups is 1. The lowest BCUT2D eigenvalue weighted by molar-refractivity contribution is -0.116. The van der Waals surface area contributed by atoms with Crippen LogP contribution in [0.25, 0.3) is 0 Å². The second kappa shape index (κ2) is 5.01. The van der Waals surface area contributed by atoms with Gasteiger partial charge in [0.1, 0.15) is 0 Å². The molecular formula is C14H17ClO. The van der Waals surface area contributed by atoms with Crippen LogP contribution in [-0.2, 0) is 11.2 Å². The van der Waals surface area contributed by atoms with E-state index < -0.39 is 0 Å². The van der Waals surface area contributed by atoms with Gasteiger partial charge in [0, 0.05) is 5.92 Å². The molecule has 0 bridgehead atoms. The fourth-order valence-electron chi connectivity index (χ4n) is 2.81. The maximum Gasteiger partial charge on any atom is 0.225 e. The van der Waals surface area contributed by atoms with Crippen LogP contribution in [0.3, 0.4) is 0 Å². The highest BCUT2D eigenvalue weighted by Crippen LogP contribution is 2.38. The van der Waals surface area contributed by atoms with Crippen molar-refractivity contribution in [3.8, 4) is 0 Å². The summed E-state index contributed by atoms with van der Waals surface area (Å²) in [6.45, 7) is 2.04. The van der Waals surface area contributed by atoms with Crippen LogP contribution in [0, 0.1) is 5.92 Å². The van der Waals surface area contributed by atoms with Crippen LogP contribution >= 0.6 is 11.6 Å². The van der Waals surface area contributed by atoms with Gasteiger partial charge in [0.05, 0.1) is 0 Å². The molecule has 0 aromatic heterocycles. The Balaban J connectivity index is 2.34. The van der Waals surface area contributed by atoms with Crippen LogP contribution in [0.2, 0.25) is 0 Å². The van der Waals surface area contributed by atoms with E-state index in [1.54, 1.807) is 0 Å². The Labute approximate surface area is 102 Å². The standard InChI is InChI=1S/C14H17ClO/c1-2-11(14(15)16)13-9-5-7-10-6-3-4-8-12(10)13/h3-4,6,8,11,13H,2,5,7,9H2,1H3. The molecule has 1 nitrogen and oxygen atoms in total. The van der Waals surface area contributed by atoms with Crippen molar-refractivity contribution >= 4 is 16.8 Å². The van der Waals surface area contributed by atoms with Gasteiger partial charge in [-0.05, 0) is 54.3 Å². The molecule has 2 atom stereocenters. The van der Waals surface area contributed by atoms with Crippen LogP contribution in [0.5, 0.6) is 0 Å². The maximum absolute atomic E-state index is 11.4. The SMILES string of the molecule is CCC(C(=O)Cl)C1CCCc2ccccc21. The van der Waals surface area contributed by atoms with Crippen molar-refractivity contribution in [2.24, 2.45) is 5.92 Å². The van der Waals surface area contributed by atoms with Crippen molar-refractivity contribution in [2.45, 2.75) is 38.5 Å². The van der Waals surface area contributed by atoms with E-state index >= 15 is 0 Å². The van der Waals surface area contributed by atoms with Crippen molar-refractivity contribution < 1.29 is 4.79 Å². The molecule has 0 radical (unpaired) electrons. The quantitative estimate of drug-likeness (QED) is 0.728. The minimum absolute atomic E-state index is 0.0110. The average Bonchev–Trinajstić information content (AvgIpc) is 2.30. The molecule has 2 heteroatoms. The van der Waals surface area contributed by atoms with E-state index in [1.165, 1.54) is 17.5 Å². The van der Waals surface area contributed by atoms with Crippen LogP contribution in [0.15, 0.2) is 24.3 Å². The number of halogens is 1. The summed E-state index contributed by atoms with van der Waals surface area (Å²) in [6.07, 6.45) is 4.23. The monoisotopic (exact) mass is 236 g/mol. The molecule has 16 heavy (non-hydrogen) atoms. The first-order chi connectivity index (χ1) is 7.74. The number of aryl methyl sites for hydroxylation is 1. The van der Waals surface area contributed by atoms with Gasteiger partial charge < -0.3 is 0 Å². The van der Waals surface area contributed by atoms with Crippen LogP contribution < -0.4 is 0 Å². The minimum atomic E-state index is -0.177. The third kappa shape index (κ3) is 2.15. The Morgan fingerprint density at radius 1 is 1.50 bits per heavy atom. The Morgan fingerprint density at radius 3 is 2.94 bits per heavy atom. The third-order valence-corrected chi connectivity index (χ3v) is 3.91. The highest BCUT2D eigenvalue weighted by molar-refractivity contribution is 6.64. The average molecular weight is 237 g/mol. The van der Waals surface area contributed by atoms with Crippen LogP contribution in [0.4, 0.5) is 0 Å². The lowest BCUT2D eigenvalue weighted by Crippen LogP contribution is -2.22. The van der Waals surface area contributed by atoms with Gasteiger partial charge in [0.15, 0.2) is 0 Å². The second-order valence-corrected chi connectivity index (χ2v) is 4.89. The summed E-state index contributed by atoms with van der Waals surface area (Å²) < 4.78 is 0. The Morgan fingerprint density at radius 2 is 2.25 bits per heavy atom. The zero-order valence-corrected chi connectivity index (χ0v) is 10.3.